The van der Waals surface area contributed by atoms with Crippen LogP contribution in [0.3, 0.4) is 0 Å². The standard InChI is InChI=1S/C15H15BrN2O2/c16-13-6-4-5-12(9-13)10-17-15(19)18-11-20-14-7-2-1-3-8-14/h1-9H,10-11H2,(H2,17,18,19). The van der Waals surface area contributed by atoms with Gasteiger partial charge in [0, 0.05) is 11.0 Å². The zero-order chi connectivity index (χ0) is 14.2. The molecule has 5 heteroatoms. The predicted molar refractivity (Wildman–Crippen MR) is 81.5 cm³/mol. The maximum absolute atomic E-state index is 11.6. The van der Waals surface area contributed by atoms with Crippen LogP contribution in [0.25, 0.3) is 0 Å². The molecule has 0 saturated heterocycles. The maximum atomic E-state index is 11.6. The summed E-state index contributed by atoms with van der Waals surface area (Å²) in [5.41, 5.74) is 1.03. The molecule has 0 saturated carbocycles. The Bertz CT molecular complexity index is 561. The second kappa shape index (κ2) is 7.55. The first-order valence-corrected chi connectivity index (χ1v) is 6.97. The van der Waals surface area contributed by atoms with Crippen LogP contribution in [0.2, 0.25) is 0 Å². The van der Waals surface area contributed by atoms with Gasteiger partial charge in [-0.2, -0.15) is 0 Å². The highest BCUT2D eigenvalue weighted by Crippen LogP contribution is 2.11. The van der Waals surface area contributed by atoms with Crippen LogP contribution in [0.15, 0.2) is 59.1 Å². The summed E-state index contributed by atoms with van der Waals surface area (Å²) in [6.07, 6.45) is 0. The molecule has 0 atom stereocenters. The van der Waals surface area contributed by atoms with E-state index >= 15 is 0 Å². The molecule has 0 aliphatic heterocycles. The number of halogens is 1. The zero-order valence-corrected chi connectivity index (χ0v) is 12.4. The van der Waals surface area contributed by atoms with Crippen molar-refractivity contribution in [2.24, 2.45) is 0 Å². The molecule has 2 rings (SSSR count). The van der Waals surface area contributed by atoms with Crippen LogP contribution < -0.4 is 15.4 Å². The Labute approximate surface area is 126 Å². The predicted octanol–water partition coefficient (Wildman–Crippen LogP) is 3.28. The van der Waals surface area contributed by atoms with Gasteiger partial charge in [0.05, 0.1) is 0 Å². The molecule has 20 heavy (non-hydrogen) atoms. The number of benzene rings is 2. The molecular formula is C15H15BrN2O2. The van der Waals surface area contributed by atoms with Crippen molar-refractivity contribution in [3.8, 4) is 5.75 Å². The Kier molecular flexibility index (Phi) is 5.43. The van der Waals surface area contributed by atoms with Gasteiger partial charge in [0.15, 0.2) is 6.73 Å². The minimum atomic E-state index is -0.263. The van der Waals surface area contributed by atoms with Crippen LogP contribution in [0, 0.1) is 0 Å². The van der Waals surface area contributed by atoms with E-state index in [2.05, 4.69) is 26.6 Å². The van der Waals surface area contributed by atoms with E-state index in [9.17, 15) is 4.79 Å². The average molecular weight is 335 g/mol. The van der Waals surface area contributed by atoms with Crippen molar-refractivity contribution in [1.29, 1.82) is 0 Å². The van der Waals surface area contributed by atoms with Gasteiger partial charge < -0.3 is 15.4 Å². The smallest absolute Gasteiger partial charge is 0.317 e. The van der Waals surface area contributed by atoms with Crippen LogP contribution in [-0.4, -0.2) is 12.8 Å². The normalized spacial score (nSPS) is 9.85. The van der Waals surface area contributed by atoms with Crippen molar-refractivity contribution in [1.82, 2.24) is 10.6 Å². The molecule has 0 aromatic heterocycles. The molecule has 2 amide bonds. The molecule has 2 N–H and O–H groups in total. The van der Waals surface area contributed by atoms with Crippen molar-refractivity contribution in [2.75, 3.05) is 6.73 Å². The van der Waals surface area contributed by atoms with Gasteiger partial charge in [-0.1, -0.05) is 46.3 Å². The van der Waals surface area contributed by atoms with Gasteiger partial charge in [-0.25, -0.2) is 4.79 Å². The van der Waals surface area contributed by atoms with Crippen LogP contribution in [0.4, 0.5) is 4.79 Å². The second-order valence-corrected chi connectivity index (χ2v) is 5.01. The van der Waals surface area contributed by atoms with Gasteiger partial charge in [0.25, 0.3) is 0 Å². The highest BCUT2D eigenvalue weighted by Gasteiger charge is 2.00. The first kappa shape index (κ1) is 14.4. The summed E-state index contributed by atoms with van der Waals surface area (Å²) in [5, 5.41) is 5.39. The molecule has 0 fully saturated rings. The third kappa shape index (κ3) is 4.93. The van der Waals surface area contributed by atoms with E-state index < -0.39 is 0 Å². The fraction of sp³-hybridized carbons (Fsp3) is 0.133. The van der Waals surface area contributed by atoms with Crippen molar-refractivity contribution in [2.45, 2.75) is 6.54 Å². The number of urea groups is 1. The van der Waals surface area contributed by atoms with Crippen molar-refractivity contribution >= 4 is 22.0 Å². The molecule has 0 bridgehead atoms. The minimum absolute atomic E-state index is 0.133. The van der Waals surface area contributed by atoms with E-state index in [-0.39, 0.29) is 12.8 Å². The van der Waals surface area contributed by atoms with Crippen LogP contribution >= 0.6 is 15.9 Å². The summed E-state index contributed by atoms with van der Waals surface area (Å²) in [4.78, 5) is 11.6. The molecule has 0 heterocycles. The lowest BCUT2D eigenvalue weighted by molar-refractivity contribution is 0.223. The largest absolute Gasteiger partial charge is 0.473 e. The molecule has 2 aromatic carbocycles. The van der Waals surface area contributed by atoms with Gasteiger partial charge in [0.1, 0.15) is 5.75 Å². The number of hydrogen-bond donors (Lipinski definition) is 2. The average Bonchev–Trinajstić information content (AvgIpc) is 2.46. The number of amides is 2. The van der Waals surface area contributed by atoms with Gasteiger partial charge in [0.2, 0.25) is 0 Å². The van der Waals surface area contributed by atoms with E-state index in [1.807, 2.05) is 54.6 Å². The summed E-state index contributed by atoms with van der Waals surface area (Å²) >= 11 is 3.39. The van der Waals surface area contributed by atoms with Gasteiger partial charge >= 0.3 is 6.03 Å². The summed E-state index contributed by atoms with van der Waals surface area (Å²) in [5.74, 6) is 0.722. The first-order valence-electron chi connectivity index (χ1n) is 6.18. The Balaban J connectivity index is 1.68. The van der Waals surface area contributed by atoms with Gasteiger partial charge in [-0.3, -0.25) is 0 Å². The minimum Gasteiger partial charge on any atom is -0.473 e. The Morgan fingerprint density at radius 2 is 1.85 bits per heavy atom. The monoisotopic (exact) mass is 334 g/mol. The summed E-state index contributed by atoms with van der Waals surface area (Å²) in [6, 6.07) is 16.8. The van der Waals surface area contributed by atoms with E-state index in [1.54, 1.807) is 0 Å². The van der Waals surface area contributed by atoms with Crippen LogP contribution in [-0.2, 0) is 6.54 Å². The zero-order valence-electron chi connectivity index (χ0n) is 10.8. The van der Waals surface area contributed by atoms with Crippen molar-refractivity contribution < 1.29 is 9.53 Å². The molecule has 0 unspecified atom stereocenters. The van der Waals surface area contributed by atoms with Crippen molar-refractivity contribution in [3.05, 3.63) is 64.6 Å². The topological polar surface area (TPSA) is 50.4 Å². The number of carbonyl (C=O) groups is 1. The summed E-state index contributed by atoms with van der Waals surface area (Å²) < 4.78 is 6.36. The summed E-state index contributed by atoms with van der Waals surface area (Å²) in [7, 11) is 0. The number of hydrogen-bond acceptors (Lipinski definition) is 2. The Hall–Kier alpha value is -2.01. The first-order chi connectivity index (χ1) is 9.74. The number of ether oxygens (including phenoxy) is 1. The number of nitrogens with one attached hydrogen (secondary N) is 2. The molecule has 4 nitrogen and oxygen atoms in total. The third-order valence-electron chi connectivity index (χ3n) is 2.56. The molecule has 0 aliphatic rings. The van der Waals surface area contributed by atoms with E-state index in [0.29, 0.717) is 6.54 Å². The van der Waals surface area contributed by atoms with E-state index in [0.717, 1.165) is 15.8 Å². The number of carbonyl (C=O) groups excluding carboxylic acids is 1. The van der Waals surface area contributed by atoms with Crippen LogP contribution in [0.1, 0.15) is 5.56 Å². The lowest BCUT2D eigenvalue weighted by atomic mass is 10.2. The fourth-order valence-corrected chi connectivity index (χ4v) is 2.04. The molecular weight excluding hydrogens is 320 g/mol. The van der Waals surface area contributed by atoms with E-state index in [1.165, 1.54) is 0 Å². The highest BCUT2D eigenvalue weighted by molar-refractivity contribution is 9.10. The van der Waals surface area contributed by atoms with Crippen molar-refractivity contribution in [3.63, 3.8) is 0 Å². The lowest BCUT2D eigenvalue weighted by Gasteiger charge is -2.09. The lowest BCUT2D eigenvalue weighted by Crippen LogP contribution is -2.37. The Morgan fingerprint density at radius 3 is 2.60 bits per heavy atom. The summed E-state index contributed by atoms with van der Waals surface area (Å²) in [6.45, 7) is 0.602. The molecule has 0 aliphatic carbocycles. The second-order valence-electron chi connectivity index (χ2n) is 4.09. The number of para-hydroxylation sites is 1. The maximum Gasteiger partial charge on any atom is 0.317 e. The SMILES string of the molecule is O=C(NCOc1ccccc1)NCc1cccc(Br)c1. The number of rotatable bonds is 5. The fourth-order valence-electron chi connectivity index (χ4n) is 1.59. The molecule has 2 aromatic rings. The Morgan fingerprint density at radius 1 is 1.05 bits per heavy atom. The third-order valence-corrected chi connectivity index (χ3v) is 3.05. The molecule has 0 spiro atoms. The molecule has 0 radical (unpaired) electrons. The van der Waals surface area contributed by atoms with Gasteiger partial charge in [-0.15, -0.1) is 0 Å². The quantitative estimate of drug-likeness (QED) is 0.824. The van der Waals surface area contributed by atoms with E-state index in [4.69, 9.17) is 4.74 Å². The van der Waals surface area contributed by atoms with Gasteiger partial charge in [-0.05, 0) is 29.8 Å². The molecule has 104 valence electrons. The van der Waals surface area contributed by atoms with Crippen LogP contribution in [0.5, 0.6) is 5.75 Å². The highest BCUT2D eigenvalue weighted by atomic mass is 79.9.